The lowest BCUT2D eigenvalue weighted by Crippen LogP contribution is -2.34. The molecule has 2 heterocycles. The second kappa shape index (κ2) is 4.79. The summed E-state index contributed by atoms with van der Waals surface area (Å²) in [5.74, 6) is 0. The topological polar surface area (TPSA) is 71.1 Å². The lowest BCUT2D eigenvalue weighted by Gasteiger charge is -2.20. The molecular formula is C16H13N3O2S. The third kappa shape index (κ3) is 2.22. The van der Waals surface area contributed by atoms with Gasteiger partial charge in [-0.05, 0) is 28.6 Å². The summed E-state index contributed by atoms with van der Waals surface area (Å²) in [5.41, 5.74) is 3.59. The van der Waals surface area contributed by atoms with E-state index < -0.39 is 10.2 Å². The van der Waals surface area contributed by atoms with Crippen LogP contribution in [0.1, 0.15) is 5.56 Å². The molecule has 22 heavy (non-hydrogen) atoms. The highest BCUT2D eigenvalue weighted by atomic mass is 32.2. The molecule has 0 unspecified atom stereocenters. The Bertz CT molecular complexity index is 978. The maximum atomic E-state index is 11.5. The maximum Gasteiger partial charge on any atom is 0.299 e. The summed E-state index contributed by atoms with van der Waals surface area (Å²) >= 11 is 0. The van der Waals surface area contributed by atoms with Gasteiger partial charge >= 0.3 is 0 Å². The Labute approximate surface area is 128 Å². The number of fused-ring (bicyclic) bond motifs is 2. The Hall–Kier alpha value is -2.44. The molecule has 2 N–H and O–H groups in total. The van der Waals surface area contributed by atoms with Crippen LogP contribution in [0, 0.1) is 0 Å². The van der Waals surface area contributed by atoms with Gasteiger partial charge in [0.25, 0.3) is 10.2 Å². The van der Waals surface area contributed by atoms with Gasteiger partial charge in [0.05, 0.1) is 5.69 Å². The number of nitrogens with zero attached hydrogens (tertiary/aromatic N) is 1. The van der Waals surface area contributed by atoms with Gasteiger partial charge in [-0.1, -0.05) is 30.3 Å². The lowest BCUT2D eigenvalue weighted by atomic mass is 9.98. The molecule has 0 atom stereocenters. The zero-order valence-electron chi connectivity index (χ0n) is 11.6. The van der Waals surface area contributed by atoms with Crippen molar-refractivity contribution >= 4 is 26.7 Å². The number of hydrogen-bond donors (Lipinski definition) is 2. The molecular weight excluding hydrogens is 298 g/mol. The molecule has 0 saturated carbocycles. The molecule has 0 amide bonds. The zero-order valence-corrected chi connectivity index (χ0v) is 12.4. The quantitative estimate of drug-likeness (QED) is 0.726. The van der Waals surface area contributed by atoms with Gasteiger partial charge in [0.2, 0.25) is 0 Å². The smallest absolute Gasteiger partial charge is 0.271 e. The van der Waals surface area contributed by atoms with Crippen LogP contribution in [0.5, 0.6) is 0 Å². The molecule has 0 fully saturated rings. The van der Waals surface area contributed by atoms with E-state index in [2.05, 4.69) is 20.5 Å². The summed E-state index contributed by atoms with van der Waals surface area (Å²) in [6.07, 6.45) is 3.68. The van der Waals surface area contributed by atoms with Gasteiger partial charge in [-0.3, -0.25) is 9.71 Å². The minimum absolute atomic E-state index is 0.288. The number of benzene rings is 2. The molecule has 0 saturated heterocycles. The molecule has 6 heteroatoms. The van der Waals surface area contributed by atoms with Crippen LogP contribution in [0.4, 0.5) is 5.69 Å². The fraction of sp³-hybridized carbons (Fsp3) is 0.0625. The van der Waals surface area contributed by atoms with Crippen molar-refractivity contribution in [2.24, 2.45) is 0 Å². The highest BCUT2D eigenvalue weighted by Gasteiger charge is 2.19. The summed E-state index contributed by atoms with van der Waals surface area (Å²) < 4.78 is 28.0. The molecule has 0 radical (unpaired) electrons. The summed E-state index contributed by atoms with van der Waals surface area (Å²) in [7, 11) is -3.42. The summed E-state index contributed by atoms with van der Waals surface area (Å²) in [5, 5.41) is 2.21. The molecule has 2 aromatic carbocycles. The molecule has 1 aliphatic rings. The summed E-state index contributed by atoms with van der Waals surface area (Å²) in [6, 6.07) is 13.8. The Morgan fingerprint density at radius 3 is 2.82 bits per heavy atom. The molecule has 5 nitrogen and oxygen atoms in total. The number of rotatable bonds is 1. The van der Waals surface area contributed by atoms with E-state index in [9.17, 15) is 8.42 Å². The van der Waals surface area contributed by atoms with E-state index in [4.69, 9.17) is 0 Å². The van der Waals surface area contributed by atoms with Crippen molar-refractivity contribution in [2.45, 2.75) is 6.54 Å². The van der Waals surface area contributed by atoms with Crippen LogP contribution in [-0.4, -0.2) is 13.4 Å². The van der Waals surface area contributed by atoms with Crippen molar-refractivity contribution in [2.75, 3.05) is 4.72 Å². The minimum atomic E-state index is -3.42. The first kappa shape index (κ1) is 13.2. The first-order valence-electron chi connectivity index (χ1n) is 6.86. The molecule has 1 aliphatic heterocycles. The first-order valence-corrected chi connectivity index (χ1v) is 8.34. The zero-order chi connectivity index (χ0) is 15.2. The monoisotopic (exact) mass is 311 g/mol. The van der Waals surface area contributed by atoms with Gasteiger partial charge in [-0.25, -0.2) is 0 Å². The van der Waals surface area contributed by atoms with Crippen molar-refractivity contribution < 1.29 is 8.42 Å². The third-order valence-electron chi connectivity index (χ3n) is 3.78. The van der Waals surface area contributed by atoms with Crippen molar-refractivity contribution in [1.82, 2.24) is 9.71 Å². The molecule has 0 aliphatic carbocycles. The minimum Gasteiger partial charge on any atom is -0.271 e. The lowest BCUT2D eigenvalue weighted by molar-refractivity contribution is 0.584. The van der Waals surface area contributed by atoms with E-state index in [0.29, 0.717) is 5.69 Å². The van der Waals surface area contributed by atoms with Crippen LogP contribution in [0.15, 0.2) is 54.9 Å². The number of hydrogen-bond acceptors (Lipinski definition) is 3. The summed E-state index contributed by atoms with van der Waals surface area (Å²) in [6.45, 7) is 0.288. The van der Waals surface area contributed by atoms with E-state index in [1.54, 1.807) is 6.07 Å². The number of pyridine rings is 1. The van der Waals surface area contributed by atoms with Crippen molar-refractivity contribution in [3.8, 4) is 11.1 Å². The third-order valence-corrected chi connectivity index (χ3v) is 4.79. The van der Waals surface area contributed by atoms with Crippen LogP contribution in [0.25, 0.3) is 21.9 Å². The molecule has 0 spiro atoms. The average Bonchev–Trinajstić information content (AvgIpc) is 2.53. The van der Waals surface area contributed by atoms with Crippen LogP contribution in [0.2, 0.25) is 0 Å². The fourth-order valence-corrected chi connectivity index (χ4v) is 3.61. The van der Waals surface area contributed by atoms with Gasteiger partial charge in [0.15, 0.2) is 0 Å². The highest BCUT2D eigenvalue weighted by molar-refractivity contribution is 7.90. The van der Waals surface area contributed by atoms with Gasteiger partial charge < -0.3 is 0 Å². The first-order chi connectivity index (χ1) is 10.6. The van der Waals surface area contributed by atoms with Gasteiger partial charge in [-0.2, -0.15) is 13.1 Å². The number of anilines is 1. The summed E-state index contributed by atoms with van der Waals surface area (Å²) in [4.78, 5) is 4.30. The Morgan fingerprint density at radius 2 is 1.91 bits per heavy atom. The van der Waals surface area contributed by atoms with Crippen molar-refractivity contribution in [3.05, 3.63) is 60.4 Å². The van der Waals surface area contributed by atoms with Crippen molar-refractivity contribution in [3.63, 3.8) is 0 Å². The molecule has 3 aromatic rings. The molecule has 0 bridgehead atoms. The van der Waals surface area contributed by atoms with Crippen LogP contribution >= 0.6 is 0 Å². The fourth-order valence-electron chi connectivity index (χ4n) is 2.71. The van der Waals surface area contributed by atoms with E-state index in [1.165, 1.54) is 0 Å². The Morgan fingerprint density at radius 1 is 1.05 bits per heavy atom. The van der Waals surface area contributed by atoms with E-state index in [0.717, 1.165) is 27.5 Å². The number of nitrogens with one attached hydrogen (secondary N) is 2. The maximum absolute atomic E-state index is 11.5. The van der Waals surface area contributed by atoms with E-state index in [-0.39, 0.29) is 6.54 Å². The van der Waals surface area contributed by atoms with Crippen molar-refractivity contribution in [1.29, 1.82) is 0 Å². The largest absolute Gasteiger partial charge is 0.299 e. The molecule has 1 aromatic heterocycles. The predicted molar refractivity (Wildman–Crippen MR) is 86.6 cm³/mol. The standard InChI is InChI=1S/C16H13N3O2S/c20-22(21)18-9-13-7-11(5-6-16(13)19-22)15-10-17-8-12-3-1-2-4-14(12)15/h1-8,10,18-19H,9H2. The van der Waals surface area contributed by atoms with Crippen LogP contribution < -0.4 is 9.44 Å². The van der Waals surface area contributed by atoms with Gasteiger partial charge in [-0.15, -0.1) is 0 Å². The predicted octanol–water partition coefficient (Wildman–Crippen LogP) is 2.66. The highest BCUT2D eigenvalue weighted by Crippen LogP contribution is 2.31. The molecule has 110 valence electrons. The average molecular weight is 311 g/mol. The van der Waals surface area contributed by atoms with Gasteiger partial charge in [0.1, 0.15) is 0 Å². The second-order valence-corrected chi connectivity index (χ2v) is 6.71. The van der Waals surface area contributed by atoms with Gasteiger partial charge in [0, 0.05) is 29.9 Å². The SMILES string of the molecule is O=S1(=O)NCc2cc(-c3cncc4ccccc34)ccc2N1. The molecule has 4 rings (SSSR count). The number of aromatic nitrogens is 1. The normalized spacial score (nSPS) is 16.0. The Balaban J connectivity index is 1.87. The van der Waals surface area contributed by atoms with Crippen LogP contribution in [0.3, 0.4) is 0 Å². The van der Waals surface area contributed by atoms with E-state index >= 15 is 0 Å². The van der Waals surface area contributed by atoms with Crippen LogP contribution in [-0.2, 0) is 16.8 Å². The second-order valence-electron chi connectivity index (χ2n) is 5.21. The Kier molecular flexibility index (Phi) is 2.88. The van der Waals surface area contributed by atoms with E-state index in [1.807, 2.05) is 42.7 Å².